The molecule has 2 unspecified atom stereocenters. The third-order valence-corrected chi connectivity index (χ3v) is 2.95. The maximum Gasteiger partial charge on any atom is 0.320 e. The maximum atomic E-state index is 10.8. The molecular formula is C11H16N2O2. The van der Waals surface area contributed by atoms with E-state index in [1.807, 2.05) is 24.5 Å². The monoisotopic (exact) mass is 208 g/mol. The molecule has 0 aliphatic carbocycles. The van der Waals surface area contributed by atoms with Crippen LogP contribution in [-0.4, -0.2) is 28.2 Å². The minimum absolute atomic E-state index is 0.362. The fourth-order valence-electron chi connectivity index (χ4n) is 2.14. The van der Waals surface area contributed by atoms with Crippen LogP contribution in [0.15, 0.2) is 24.5 Å². The second-order valence-corrected chi connectivity index (χ2v) is 4.12. The van der Waals surface area contributed by atoms with Gasteiger partial charge < -0.3 is 15.0 Å². The highest BCUT2D eigenvalue weighted by molar-refractivity contribution is 5.73. The fraction of sp³-hybridized carbons (Fsp3) is 0.545. The number of nitrogens with one attached hydrogen (secondary N) is 1. The van der Waals surface area contributed by atoms with Crippen LogP contribution in [0.25, 0.3) is 0 Å². The predicted molar refractivity (Wildman–Crippen MR) is 56.6 cm³/mol. The molecule has 0 amide bonds. The molecule has 15 heavy (non-hydrogen) atoms. The van der Waals surface area contributed by atoms with Crippen LogP contribution in [0, 0.1) is 5.92 Å². The zero-order valence-corrected chi connectivity index (χ0v) is 8.60. The molecule has 0 spiro atoms. The number of carboxylic acids is 1. The minimum Gasteiger partial charge on any atom is -0.480 e. The van der Waals surface area contributed by atoms with Crippen molar-refractivity contribution in [3.63, 3.8) is 0 Å². The number of rotatable bonds is 3. The Morgan fingerprint density at radius 2 is 2.20 bits per heavy atom. The lowest BCUT2D eigenvalue weighted by molar-refractivity contribution is -0.140. The molecule has 0 radical (unpaired) electrons. The Morgan fingerprint density at radius 3 is 2.87 bits per heavy atom. The molecule has 82 valence electrons. The van der Waals surface area contributed by atoms with Crippen LogP contribution in [0.1, 0.15) is 12.8 Å². The largest absolute Gasteiger partial charge is 0.480 e. The quantitative estimate of drug-likeness (QED) is 0.777. The molecule has 2 N–H and O–H groups in total. The Bertz CT molecular complexity index is 321. The summed E-state index contributed by atoms with van der Waals surface area (Å²) < 4.78 is 2.12. The summed E-state index contributed by atoms with van der Waals surface area (Å²) in [5, 5.41) is 11.9. The van der Waals surface area contributed by atoms with Gasteiger partial charge in [0, 0.05) is 18.9 Å². The number of hydrogen-bond donors (Lipinski definition) is 2. The Labute approximate surface area is 88.9 Å². The van der Waals surface area contributed by atoms with Crippen LogP contribution in [0.5, 0.6) is 0 Å². The van der Waals surface area contributed by atoms with Crippen molar-refractivity contribution in [1.29, 1.82) is 0 Å². The van der Waals surface area contributed by atoms with Gasteiger partial charge in [0.2, 0.25) is 0 Å². The van der Waals surface area contributed by atoms with E-state index in [2.05, 4.69) is 9.88 Å². The van der Waals surface area contributed by atoms with E-state index in [0.717, 1.165) is 25.9 Å². The average Bonchev–Trinajstić information content (AvgIpc) is 2.71. The molecule has 2 rings (SSSR count). The normalized spacial score (nSPS) is 26.4. The van der Waals surface area contributed by atoms with E-state index in [4.69, 9.17) is 5.11 Å². The van der Waals surface area contributed by atoms with Crippen molar-refractivity contribution < 1.29 is 9.90 Å². The summed E-state index contributed by atoms with van der Waals surface area (Å²) in [5.41, 5.74) is 0. The van der Waals surface area contributed by atoms with Gasteiger partial charge in [0.1, 0.15) is 6.04 Å². The highest BCUT2D eigenvalue weighted by Gasteiger charge is 2.26. The summed E-state index contributed by atoms with van der Waals surface area (Å²) in [7, 11) is 0. The van der Waals surface area contributed by atoms with E-state index in [9.17, 15) is 4.79 Å². The summed E-state index contributed by atoms with van der Waals surface area (Å²) in [6, 6.07) is 3.63. The standard InChI is InChI=1S/C11H16N2O2/c14-11(15)10-7-9(3-4-12-10)8-13-5-1-2-6-13/h1-2,5-6,9-10,12H,3-4,7-8H2,(H,14,15). The molecule has 1 saturated heterocycles. The van der Waals surface area contributed by atoms with Crippen molar-refractivity contribution >= 4 is 5.97 Å². The smallest absolute Gasteiger partial charge is 0.320 e. The maximum absolute atomic E-state index is 10.8. The summed E-state index contributed by atoms with van der Waals surface area (Å²) >= 11 is 0. The Hall–Kier alpha value is -1.29. The highest BCUT2D eigenvalue weighted by Crippen LogP contribution is 2.18. The topological polar surface area (TPSA) is 54.3 Å². The molecule has 1 aliphatic heterocycles. The van der Waals surface area contributed by atoms with Crippen LogP contribution in [-0.2, 0) is 11.3 Å². The first kappa shape index (κ1) is 10.2. The van der Waals surface area contributed by atoms with Crippen molar-refractivity contribution in [2.45, 2.75) is 25.4 Å². The SMILES string of the molecule is O=C(O)C1CC(Cn2cccc2)CCN1. The van der Waals surface area contributed by atoms with Crippen molar-refractivity contribution in [2.24, 2.45) is 5.92 Å². The molecule has 0 aromatic carbocycles. The van der Waals surface area contributed by atoms with E-state index in [-0.39, 0.29) is 6.04 Å². The number of aromatic nitrogens is 1. The summed E-state index contributed by atoms with van der Waals surface area (Å²) in [5.74, 6) is -0.257. The second-order valence-electron chi connectivity index (χ2n) is 4.12. The molecule has 0 saturated carbocycles. The number of nitrogens with zero attached hydrogens (tertiary/aromatic N) is 1. The predicted octanol–water partition coefficient (Wildman–Crippen LogP) is 0.941. The van der Waals surface area contributed by atoms with Gasteiger partial charge in [-0.2, -0.15) is 0 Å². The minimum atomic E-state index is -0.729. The average molecular weight is 208 g/mol. The lowest BCUT2D eigenvalue weighted by Crippen LogP contribution is -2.44. The van der Waals surface area contributed by atoms with Gasteiger partial charge in [-0.15, -0.1) is 0 Å². The Balaban J connectivity index is 1.90. The Morgan fingerprint density at radius 1 is 1.47 bits per heavy atom. The van der Waals surface area contributed by atoms with Crippen molar-refractivity contribution in [3.8, 4) is 0 Å². The first-order valence-corrected chi connectivity index (χ1v) is 5.32. The summed E-state index contributed by atoms with van der Waals surface area (Å²) in [4.78, 5) is 10.8. The summed E-state index contributed by atoms with van der Waals surface area (Å²) in [6.45, 7) is 1.74. The van der Waals surface area contributed by atoms with E-state index in [1.54, 1.807) is 0 Å². The second kappa shape index (κ2) is 4.49. The highest BCUT2D eigenvalue weighted by atomic mass is 16.4. The van der Waals surface area contributed by atoms with Crippen LogP contribution in [0.3, 0.4) is 0 Å². The number of carboxylic acid groups (broad SMARTS) is 1. The van der Waals surface area contributed by atoms with Gasteiger partial charge in [-0.25, -0.2) is 0 Å². The third-order valence-electron chi connectivity index (χ3n) is 2.95. The molecule has 1 aromatic heterocycles. The van der Waals surface area contributed by atoms with Gasteiger partial charge in [-0.1, -0.05) is 0 Å². The van der Waals surface area contributed by atoms with Crippen molar-refractivity contribution in [1.82, 2.24) is 9.88 Å². The van der Waals surface area contributed by atoms with Gasteiger partial charge >= 0.3 is 5.97 Å². The van der Waals surface area contributed by atoms with Gasteiger partial charge in [0.05, 0.1) is 0 Å². The first-order chi connectivity index (χ1) is 7.25. The van der Waals surface area contributed by atoms with Gasteiger partial charge in [0.15, 0.2) is 0 Å². The Kier molecular flexibility index (Phi) is 3.06. The van der Waals surface area contributed by atoms with Gasteiger partial charge in [0.25, 0.3) is 0 Å². The van der Waals surface area contributed by atoms with Crippen molar-refractivity contribution in [2.75, 3.05) is 6.54 Å². The van der Waals surface area contributed by atoms with Crippen LogP contribution in [0.4, 0.5) is 0 Å². The molecule has 4 nitrogen and oxygen atoms in total. The molecule has 1 aliphatic rings. The summed E-state index contributed by atoms with van der Waals surface area (Å²) in [6.07, 6.45) is 5.84. The number of hydrogen-bond acceptors (Lipinski definition) is 2. The van der Waals surface area contributed by atoms with Crippen molar-refractivity contribution in [3.05, 3.63) is 24.5 Å². The lowest BCUT2D eigenvalue weighted by atomic mass is 9.92. The molecule has 4 heteroatoms. The zero-order chi connectivity index (χ0) is 10.7. The molecule has 1 fully saturated rings. The van der Waals surface area contributed by atoms with E-state index >= 15 is 0 Å². The van der Waals surface area contributed by atoms with E-state index in [0.29, 0.717) is 5.92 Å². The van der Waals surface area contributed by atoms with Gasteiger partial charge in [-0.05, 0) is 37.4 Å². The first-order valence-electron chi connectivity index (χ1n) is 5.32. The molecular weight excluding hydrogens is 192 g/mol. The third kappa shape index (κ3) is 2.59. The van der Waals surface area contributed by atoms with Crippen LogP contribution < -0.4 is 5.32 Å². The number of aliphatic carboxylic acids is 1. The number of piperidine rings is 1. The number of carbonyl (C=O) groups is 1. The zero-order valence-electron chi connectivity index (χ0n) is 8.60. The molecule has 1 aromatic rings. The molecule has 0 bridgehead atoms. The fourth-order valence-corrected chi connectivity index (χ4v) is 2.14. The van der Waals surface area contributed by atoms with E-state index < -0.39 is 5.97 Å². The molecule has 2 atom stereocenters. The molecule has 2 heterocycles. The van der Waals surface area contributed by atoms with Gasteiger partial charge in [-0.3, -0.25) is 4.79 Å². The van der Waals surface area contributed by atoms with Crippen LogP contribution >= 0.6 is 0 Å². The van der Waals surface area contributed by atoms with E-state index in [1.165, 1.54) is 0 Å². The lowest BCUT2D eigenvalue weighted by Gasteiger charge is -2.28. The van der Waals surface area contributed by atoms with Crippen LogP contribution in [0.2, 0.25) is 0 Å².